The van der Waals surface area contributed by atoms with Crippen LogP contribution in [-0.2, 0) is 11.2 Å². The van der Waals surface area contributed by atoms with Crippen LogP contribution in [0.25, 0.3) is 0 Å². The largest absolute Gasteiger partial charge is 0.384 e. The van der Waals surface area contributed by atoms with Gasteiger partial charge in [-0.1, -0.05) is 30.3 Å². The molecule has 1 N–H and O–H groups in total. The van der Waals surface area contributed by atoms with E-state index in [1.807, 2.05) is 50.2 Å². The first-order valence-corrected chi connectivity index (χ1v) is 7.12. The Morgan fingerprint density at radius 3 is 2.48 bits per heavy atom. The fourth-order valence-corrected chi connectivity index (χ4v) is 3.09. The normalized spacial score (nSPS) is 15.2. The van der Waals surface area contributed by atoms with Crippen LogP contribution in [0.1, 0.15) is 33.9 Å². The van der Waals surface area contributed by atoms with Crippen LogP contribution in [0, 0.1) is 13.8 Å². The molecule has 0 saturated heterocycles. The van der Waals surface area contributed by atoms with Gasteiger partial charge < -0.3 is 10.0 Å². The second-order valence-corrected chi connectivity index (χ2v) is 5.73. The van der Waals surface area contributed by atoms with E-state index in [-0.39, 0.29) is 5.91 Å². The Labute approximate surface area is 124 Å². The highest BCUT2D eigenvalue weighted by atomic mass is 16.3. The predicted octanol–water partition coefficient (Wildman–Crippen LogP) is 2.90. The van der Waals surface area contributed by atoms with Crippen molar-refractivity contribution in [1.29, 1.82) is 0 Å². The van der Waals surface area contributed by atoms with Gasteiger partial charge in [0.1, 0.15) is 6.10 Å². The first-order chi connectivity index (χ1) is 9.99. The molecule has 0 fully saturated rings. The first kappa shape index (κ1) is 13.8. The molecule has 1 aliphatic heterocycles. The Kier molecular flexibility index (Phi) is 3.30. The molecule has 3 rings (SSSR count). The van der Waals surface area contributed by atoms with E-state index in [0.29, 0.717) is 6.42 Å². The van der Waals surface area contributed by atoms with E-state index >= 15 is 0 Å². The summed E-state index contributed by atoms with van der Waals surface area (Å²) in [6.07, 6.45) is -0.239. The fourth-order valence-electron chi connectivity index (χ4n) is 3.09. The second-order valence-electron chi connectivity index (χ2n) is 5.73. The quantitative estimate of drug-likeness (QED) is 0.919. The standard InChI is InChI=1S/C18H19NO2/c1-11-5-4-6-12(2)17(11)18(21)13-7-8-15-14(9-13)10-16(20)19(15)3/h4-9,18,21H,10H2,1-3H3. The summed E-state index contributed by atoms with van der Waals surface area (Å²) in [7, 11) is 1.79. The number of carbonyl (C=O) groups is 1. The molecule has 1 amide bonds. The number of anilines is 1. The van der Waals surface area contributed by atoms with Crippen molar-refractivity contribution in [2.75, 3.05) is 11.9 Å². The van der Waals surface area contributed by atoms with E-state index in [1.54, 1.807) is 11.9 Å². The smallest absolute Gasteiger partial charge is 0.231 e. The summed E-state index contributed by atoms with van der Waals surface area (Å²) in [4.78, 5) is 13.4. The Hall–Kier alpha value is -2.13. The molecule has 21 heavy (non-hydrogen) atoms. The lowest BCUT2D eigenvalue weighted by atomic mass is 9.92. The number of aliphatic hydroxyl groups is 1. The lowest BCUT2D eigenvalue weighted by molar-refractivity contribution is -0.117. The maximum absolute atomic E-state index is 11.8. The van der Waals surface area contributed by atoms with E-state index in [0.717, 1.165) is 33.5 Å². The molecule has 0 spiro atoms. The zero-order valence-electron chi connectivity index (χ0n) is 12.6. The molecular formula is C18H19NO2. The number of rotatable bonds is 2. The van der Waals surface area contributed by atoms with Crippen LogP contribution in [0.15, 0.2) is 36.4 Å². The van der Waals surface area contributed by atoms with Crippen LogP contribution in [-0.4, -0.2) is 18.1 Å². The van der Waals surface area contributed by atoms with Gasteiger partial charge in [-0.05, 0) is 47.7 Å². The average Bonchev–Trinajstić information content (AvgIpc) is 2.73. The van der Waals surface area contributed by atoms with Gasteiger partial charge in [-0.25, -0.2) is 0 Å². The SMILES string of the molecule is Cc1cccc(C)c1C(O)c1ccc2c(c1)CC(=O)N2C. The molecule has 1 atom stereocenters. The molecule has 1 unspecified atom stereocenters. The molecule has 3 nitrogen and oxygen atoms in total. The minimum absolute atomic E-state index is 0.101. The van der Waals surface area contributed by atoms with E-state index in [2.05, 4.69) is 0 Å². The summed E-state index contributed by atoms with van der Waals surface area (Å²) in [6.45, 7) is 4.02. The molecule has 2 aromatic carbocycles. The summed E-state index contributed by atoms with van der Waals surface area (Å²) in [5.41, 5.74) is 5.89. The van der Waals surface area contributed by atoms with Crippen LogP contribution < -0.4 is 4.90 Å². The number of fused-ring (bicyclic) bond motifs is 1. The third-order valence-electron chi connectivity index (χ3n) is 4.31. The lowest BCUT2D eigenvalue weighted by Crippen LogP contribution is -2.20. The Bertz CT molecular complexity index is 701. The highest BCUT2D eigenvalue weighted by Crippen LogP contribution is 2.33. The monoisotopic (exact) mass is 281 g/mol. The summed E-state index contributed by atoms with van der Waals surface area (Å²) in [5.74, 6) is 0.101. The van der Waals surface area contributed by atoms with Crippen molar-refractivity contribution < 1.29 is 9.90 Å². The fraction of sp³-hybridized carbons (Fsp3) is 0.278. The third-order valence-corrected chi connectivity index (χ3v) is 4.31. The zero-order valence-corrected chi connectivity index (χ0v) is 12.6. The number of amides is 1. The van der Waals surface area contributed by atoms with Gasteiger partial charge in [-0.2, -0.15) is 0 Å². The number of hydrogen-bond donors (Lipinski definition) is 1. The summed E-state index contributed by atoms with van der Waals surface area (Å²) in [6, 6.07) is 11.8. The van der Waals surface area contributed by atoms with Gasteiger partial charge in [0.25, 0.3) is 0 Å². The van der Waals surface area contributed by atoms with Crippen molar-refractivity contribution in [3.63, 3.8) is 0 Å². The van der Waals surface area contributed by atoms with Gasteiger partial charge in [0.05, 0.1) is 6.42 Å². The van der Waals surface area contributed by atoms with Gasteiger partial charge in [0.2, 0.25) is 5.91 Å². The van der Waals surface area contributed by atoms with Gasteiger partial charge in [0.15, 0.2) is 0 Å². The number of hydrogen-bond acceptors (Lipinski definition) is 2. The molecule has 3 heteroatoms. The topological polar surface area (TPSA) is 40.5 Å². The molecular weight excluding hydrogens is 262 g/mol. The number of carbonyl (C=O) groups excluding carboxylic acids is 1. The molecule has 0 aromatic heterocycles. The maximum Gasteiger partial charge on any atom is 0.231 e. The molecule has 1 aliphatic rings. The molecule has 0 aliphatic carbocycles. The summed E-state index contributed by atoms with van der Waals surface area (Å²) < 4.78 is 0. The summed E-state index contributed by atoms with van der Waals surface area (Å²) >= 11 is 0. The third kappa shape index (κ3) is 2.24. The molecule has 0 bridgehead atoms. The highest BCUT2D eigenvalue weighted by Gasteiger charge is 2.25. The van der Waals surface area contributed by atoms with E-state index in [9.17, 15) is 9.90 Å². The number of likely N-dealkylation sites (N-methyl/N-ethyl adjacent to an activating group) is 1. The molecule has 108 valence electrons. The van der Waals surface area contributed by atoms with Crippen LogP contribution >= 0.6 is 0 Å². The minimum Gasteiger partial charge on any atom is -0.384 e. The zero-order chi connectivity index (χ0) is 15.1. The Balaban J connectivity index is 2.02. The van der Waals surface area contributed by atoms with Crippen molar-refractivity contribution >= 4 is 11.6 Å². The molecule has 0 radical (unpaired) electrons. The van der Waals surface area contributed by atoms with Crippen molar-refractivity contribution in [2.45, 2.75) is 26.4 Å². The summed E-state index contributed by atoms with van der Waals surface area (Å²) in [5, 5.41) is 10.7. The second kappa shape index (κ2) is 5.01. The van der Waals surface area contributed by atoms with Crippen LogP contribution in [0.4, 0.5) is 5.69 Å². The van der Waals surface area contributed by atoms with E-state index in [1.165, 1.54) is 0 Å². The van der Waals surface area contributed by atoms with E-state index in [4.69, 9.17) is 0 Å². The van der Waals surface area contributed by atoms with Crippen LogP contribution in [0.2, 0.25) is 0 Å². The Morgan fingerprint density at radius 1 is 1.14 bits per heavy atom. The van der Waals surface area contributed by atoms with Gasteiger partial charge in [-0.3, -0.25) is 4.79 Å². The van der Waals surface area contributed by atoms with Gasteiger partial charge in [-0.15, -0.1) is 0 Å². The number of aryl methyl sites for hydroxylation is 2. The average molecular weight is 281 g/mol. The molecule has 0 saturated carbocycles. The van der Waals surface area contributed by atoms with Crippen LogP contribution in [0.5, 0.6) is 0 Å². The van der Waals surface area contributed by atoms with E-state index < -0.39 is 6.10 Å². The van der Waals surface area contributed by atoms with Gasteiger partial charge >= 0.3 is 0 Å². The predicted molar refractivity (Wildman–Crippen MR) is 83.5 cm³/mol. The van der Waals surface area contributed by atoms with Crippen molar-refractivity contribution in [3.8, 4) is 0 Å². The van der Waals surface area contributed by atoms with Crippen LogP contribution in [0.3, 0.4) is 0 Å². The van der Waals surface area contributed by atoms with Crippen molar-refractivity contribution in [2.24, 2.45) is 0 Å². The van der Waals surface area contributed by atoms with Crippen molar-refractivity contribution in [3.05, 3.63) is 64.2 Å². The highest BCUT2D eigenvalue weighted by molar-refractivity contribution is 6.00. The van der Waals surface area contributed by atoms with Crippen molar-refractivity contribution in [1.82, 2.24) is 0 Å². The molecule has 1 heterocycles. The lowest BCUT2D eigenvalue weighted by Gasteiger charge is -2.18. The maximum atomic E-state index is 11.8. The Morgan fingerprint density at radius 2 is 1.81 bits per heavy atom. The number of nitrogens with zero attached hydrogens (tertiary/aromatic N) is 1. The number of benzene rings is 2. The molecule has 2 aromatic rings. The first-order valence-electron chi connectivity index (χ1n) is 7.12. The minimum atomic E-state index is -0.655. The van der Waals surface area contributed by atoms with Gasteiger partial charge in [0, 0.05) is 12.7 Å². The number of aliphatic hydroxyl groups excluding tert-OH is 1.